The highest BCUT2D eigenvalue weighted by atomic mass is 19.4. The number of halogens is 3. The smallest absolute Gasteiger partial charge is 0.379 e. The van der Waals surface area contributed by atoms with Gasteiger partial charge in [-0.2, -0.15) is 13.2 Å². The molecule has 10 heavy (non-hydrogen) atoms. The highest BCUT2D eigenvalue weighted by molar-refractivity contribution is 4.94. The Morgan fingerprint density at radius 1 is 1.40 bits per heavy atom. The fraction of sp³-hybridized carbons (Fsp3) is 1.00. The Kier molecular flexibility index (Phi) is 1.64. The minimum Gasteiger partial charge on any atom is -0.379 e. The first kappa shape index (κ1) is 7.81. The maximum atomic E-state index is 11.9. The minimum absolute atomic E-state index is 0.107. The second-order valence-electron chi connectivity index (χ2n) is 2.46. The highest BCUT2D eigenvalue weighted by Crippen LogP contribution is 2.34. The molecule has 0 spiro atoms. The molecule has 0 bridgehead atoms. The third kappa shape index (κ3) is 1.11. The van der Waals surface area contributed by atoms with Crippen molar-refractivity contribution in [2.75, 3.05) is 13.2 Å². The molecule has 0 saturated carbocycles. The molecule has 1 aliphatic heterocycles. The van der Waals surface area contributed by atoms with Gasteiger partial charge in [0, 0.05) is 6.61 Å². The first-order valence-corrected chi connectivity index (χ1v) is 2.89. The Hall–Kier alpha value is -0.290. The normalized spacial score (nSPS) is 34.8. The molecule has 0 unspecified atom stereocenters. The molecule has 1 aliphatic rings. The van der Waals surface area contributed by atoms with Gasteiger partial charge in [0.15, 0.2) is 0 Å². The Balaban J connectivity index is 2.67. The predicted octanol–water partition coefficient (Wildman–Crippen LogP) is 0.667. The van der Waals surface area contributed by atoms with E-state index in [9.17, 15) is 13.2 Å². The zero-order valence-electron chi connectivity index (χ0n) is 5.24. The average Bonchev–Trinajstić information content (AvgIpc) is 2.13. The summed E-state index contributed by atoms with van der Waals surface area (Å²) in [5.41, 5.74) is 2.90. The highest BCUT2D eigenvalue weighted by Gasteiger charge is 2.54. The first-order valence-electron chi connectivity index (χ1n) is 2.89. The second-order valence-corrected chi connectivity index (χ2v) is 2.46. The van der Waals surface area contributed by atoms with E-state index in [0.29, 0.717) is 0 Å². The van der Waals surface area contributed by atoms with Crippen LogP contribution in [-0.2, 0) is 4.74 Å². The molecule has 1 saturated heterocycles. The summed E-state index contributed by atoms with van der Waals surface area (Å²) in [7, 11) is 0. The fourth-order valence-corrected chi connectivity index (χ4v) is 0.804. The Morgan fingerprint density at radius 3 is 2.20 bits per heavy atom. The van der Waals surface area contributed by atoms with E-state index in [1.54, 1.807) is 0 Å². The van der Waals surface area contributed by atoms with E-state index in [0.717, 1.165) is 0 Å². The number of hydrogen-bond acceptors (Lipinski definition) is 2. The van der Waals surface area contributed by atoms with Crippen molar-refractivity contribution in [3.8, 4) is 0 Å². The van der Waals surface area contributed by atoms with Gasteiger partial charge in [0.2, 0.25) is 0 Å². The van der Waals surface area contributed by atoms with Crippen molar-refractivity contribution in [2.24, 2.45) is 5.73 Å². The monoisotopic (exact) mass is 155 g/mol. The van der Waals surface area contributed by atoms with E-state index in [1.165, 1.54) is 0 Å². The molecule has 60 valence electrons. The maximum absolute atomic E-state index is 11.9. The zero-order valence-corrected chi connectivity index (χ0v) is 5.24. The Bertz CT molecular complexity index is 127. The Labute approximate surface area is 56.1 Å². The average molecular weight is 155 g/mol. The van der Waals surface area contributed by atoms with Crippen LogP contribution >= 0.6 is 0 Å². The summed E-state index contributed by atoms with van der Waals surface area (Å²) in [6, 6.07) is 0. The molecule has 1 heterocycles. The standard InChI is InChI=1S/C5H8F3NO/c6-5(7,8)4(9)1-2-10-3-4/h1-3,9H2/t4-/m1/s1. The third-order valence-corrected chi connectivity index (χ3v) is 1.62. The largest absolute Gasteiger partial charge is 0.408 e. The van der Waals surface area contributed by atoms with Gasteiger partial charge in [-0.1, -0.05) is 0 Å². The summed E-state index contributed by atoms with van der Waals surface area (Å²) in [4.78, 5) is 0. The van der Waals surface area contributed by atoms with Crippen LogP contribution in [0.4, 0.5) is 13.2 Å². The molecule has 1 fully saturated rings. The van der Waals surface area contributed by atoms with Crippen LogP contribution < -0.4 is 5.73 Å². The number of hydrogen-bond donors (Lipinski definition) is 1. The molecule has 0 aliphatic carbocycles. The van der Waals surface area contributed by atoms with Gasteiger partial charge < -0.3 is 10.5 Å². The molecular weight excluding hydrogens is 147 g/mol. The van der Waals surface area contributed by atoms with Gasteiger partial charge in [-0.25, -0.2) is 0 Å². The van der Waals surface area contributed by atoms with Crippen molar-refractivity contribution in [1.29, 1.82) is 0 Å². The van der Waals surface area contributed by atoms with Crippen LogP contribution in [-0.4, -0.2) is 24.9 Å². The summed E-state index contributed by atoms with van der Waals surface area (Å²) in [5, 5.41) is 0. The van der Waals surface area contributed by atoms with Gasteiger partial charge in [0.1, 0.15) is 5.54 Å². The summed E-state index contributed by atoms with van der Waals surface area (Å²) in [6.07, 6.45) is -4.46. The van der Waals surface area contributed by atoms with E-state index >= 15 is 0 Å². The van der Waals surface area contributed by atoms with Crippen molar-refractivity contribution in [2.45, 2.75) is 18.1 Å². The van der Waals surface area contributed by atoms with Crippen LogP contribution in [0.15, 0.2) is 0 Å². The SMILES string of the molecule is N[C@]1(C(F)(F)F)CCOC1. The van der Waals surface area contributed by atoms with E-state index in [2.05, 4.69) is 4.74 Å². The van der Waals surface area contributed by atoms with Crippen molar-refractivity contribution in [1.82, 2.24) is 0 Å². The quantitative estimate of drug-likeness (QED) is 0.558. The number of alkyl halides is 3. The molecule has 5 heteroatoms. The lowest BCUT2D eigenvalue weighted by atomic mass is 10.0. The lowest BCUT2D eigenvalue weighted by molar-refractivity contribution is -0.184. The van der Waals surface area contributed by atoms with Crippen LogP contribution in [0.3, 0.4) is 0 Å². The molecule has 1 atom stereocenters. The van der Waals surface area contributed by atoms with E-state index < -0.39 is 18.3 Å². The molecule has 0 aromatic heterocycles. The molecular formula is C5H8F3NO. The van der Waals surface area contributed by atoms with Crippen LogP contribution in [0.25, 0.3) is 0 Å². The van der Waals surface area contributed by atoms with E-state index in [4.69, 9.17) is 5.73 Å². The molecule has 0 aromatic rings. The summed E-state index contributed by atoms with van der Waals surface area (Å²) < 4.78 is 40.4. The van der Waals surface area contributed by atoms with Crippen LogP contribution in [0.5, 0.6) is 0 Å². The minimum atomic E-state index is -4.33. The number of rotatable bonds is 0. The van der Waals surface area contributed by atoms with Gasteiger partial charge in [0.25, 0.3) is 0 Å². The molecule has 1 rings (SSSR count). The van der Waals surface area contributed by atoms with Gasteiger partial charge in [0.05, 0.1) is 6.61 Å². The third-order valence-electron chi connectivity index (χ3n) is 1.62. The maximum Gasteiger partial charge on any atom is 0.408 e. The predicted molar refractivity (Wildman–Crippen MR) is 28.4 cm³/mol. The van der Waals surface area contributed by atoms with E-state index in [1.807, 2.05) is 0 Å². The van der Waals surface area contributed by atoms with Gasteiger partial charge in [-0.3, -0.25) is 0 Å². The lowest BCUT2D eigenvalue weighted by Crippen LogP contribution is -2.53. The first-order chi connectivity index (χ1) is 4.46. The van der Waals surface area contributed by atoms with Crippen LogP contribution in [0, 0.1) is 0 Å². The van der Waals surface area contributed by atoms with Gasteiger partial charge in [-0.15, -0.1) is 0 Å². The molecule has 0 radical (unpaired) electrons. The van der Waals surface area contributed by atoms with Crippen LogP contribution in [0.1, 0.15) is 6.42 Å². The molecule has 2 N–H and O–H groups in total. The molecule has 2 nitrogen and oxygen atoms in total. The summed E-state index contributed by atoms with van der Waals surface area (Å²) in [6.45, 7) is -0.299. The second kappa shape index (κ2) is 2.10. The van der Waals surface area contributed by atoms with Crippen molar-refractivity contribution >= 4 is 0 Å². The van der Waals surface area contributed by atoms with Crippen molar-refractivity contribution in [3.05, 3.63) is 0 Å². The van der Waals surface area contributed by atoms with Gasteiger partial charge in [-0.05, 0) is 6.42 Å². The summed E-state index contributed by atoms with van der Waals surface area (Å²) in [5.74, 6) is 0. The summed E-state index contributed by atoms with van der Waals surface area (Å²) >= 11 is 0. The fourth-order valence-electron chi connectivity index (χ4n) is 0.804. The Morgan fingerprint density at radius 2 is 2.00 bits per heavy atom. The molecule has 0 amide bonds. The van der Waals surface area contributed by atoms with Crippen LogP contribution in [0.2, 0.25) is 0 Å². The zero-order chi connectivity index (χ0) is 7.83. The molecule has 0 aromatic carbocycles. The van der Waals surface area contributed by atoms with Crippen molar-refractivity contribution < 1.29 is 17.9 Å². The number of nitrogens with two attached hydrogens (primary N) is 1. The van der Waals surface area contributed by atoms with Gasteiger partial charge >= 0.3 is 6.18 Å². The van der Waals surface area contributed by atoms with E-state index in [-0.39, 0.29) is 13.0 Å². The lowest BCUT2D eigenvalue weighted by Gasteiger charge is -2.24. The number of ether oxygens (including phenoxy) is 1. The van der Waals surface area contributed by atoms with Crippen molar-refractivity contribution in [3.63, 3.8) is 0 Å². The topological polar surface area (TPSA) is 35.2 Å².